The maximum Gasteiger partial charge on any atom is 0.274 e. The number of carbonyl (C=O) groups excluding carboxylic acids is 1. The van der Waals surface area contributed by atoms with Crippen LogP contribution in [0.5, 0.6) is 0 Å². The average molecular weight is 350 g/mol. The van der Waals surface area contributed by atoms with Crippen LogP contribution in [0.3, 0.4) is 0 Å². The highest BCUT2D eigenvalue weighted by Crippen LogP contribution is 2.27. The Morgan fingerprint density at radius 2 is 1.92 bits per heavy atom. The predicted octanol–water partition coefficient (Wildman–Crippen LogP) is 2.53. The molecule has 2 aromatic heterocycles. The van der Waals surface area contributed by atoms with Crippen LogP contribution in [0, 0.1) is 6.92 Å². The fourth-order valence-electron chi connectivity index (χ4n) is 3.36. The van der Waals surface area contributed by atoms with E-state index in [0.717, 1.165) is 35.7 Å². The second-order valence-electron chi connectivity index (χ2n) is 6.77. The molecule has 0 bridgehead atoms. The third-order valence-electron chi connectivity index (χ3n) is 5.04. The summed E-state index contributed by atoms with van der Waals surface area (Å²) in [6, 6.07) is 11.8. The van der Waals surface area contributed by atoms with Crippen molar-refractivity contribution in [2.75, 3.05) is 13.1 Å². The SMILES string of the molecule is Cc1cc(C(=O)N2CCC(c3nc(-c4ccccc4)n[nH]3)CC2)nn1C. The van der Waals surface area contributed by atoms with Gasteiger partial charge in [-0.05, 0) is 25.8 Å². The molecule has 7 nitrogen and oxygen atoms in total. The Morgan fingerprint density at radius 1 is 1.19 bits per heavy atom. The van der Waals surface area contributed by atoms with Gasteiger partial charge in [0.2, 0.25) is 0 Å². The van der Waals surface area contributed by atoms with Crippen LogP contribution >= 0.6 is 0 Å². The minimum absolute atomic E-state index is 0.00898. The summed E-state index contributed by atoms with van der Waals surface area (Å²) >= 11 is 0. The first-order valence-corrected chi connectivity index (χ1v) is 8.89. The minimum atomic E-state index is 0.00898. The maximum absolute atomic E-state index is 12.6. The average Bonchev–Trinajstić information content (AvgIpc) is 3.30. The standard InChI is InChI=1S/C19H22N6O/c1-13-12-16(23-24(13)2)19(26)25-10-8-15(9-11-25)18-20-17(21-22-18)14-6-4-3-5-7-14/h3-7,12,15H,8-11H2,1-2H3,(H,20,21,22). The molecule has 7 heteroatoms. The third-order valence-corrected chi connectivity index (χ3v) is 5.04. The summed E-state index contributed by atoms with van der Waals surface area (Å²) in [6.07, 6.45) is 1.75. The van der Waals surface area contributed by atoms with Gasteiger partial charge in [-0.3, -0.25) is 14.6 Å². The molecule has 0 unspecified atom stereocenters. The molecule has 1 fully saturated rings. The number of aryl methyl sites for hydroxylation is 2. The molecule has 0 radical (unpaired) electrons. The van der Waals surface area contributed by atoms with Crippen LogP contribution in [0.2, 0.25) is 0 Å². The Hall–Kier alpha value is -2.96. The van der Waals surface area contributed by atoms with E-state index in [-0.39, 0.29) is 5.91 Å². The van der Waals surface area contributed by atoms with Crippen molar-refractivity contribution in [2.45, 2.75) is 25.7 Å². The molecule has 3 heterocycles. The zero-order valence-corrected chi connectivity index (χ0v) is 15.0. The van der Waals surface area contributed by atoms with Gasteiger partial charge in [0.25, 0.3) is 5.91 Å². The number of rotatable bonds is 3. The second kappa shape index (κ2) is 6.74. The van der Waals surface area contributed by atoms with Crippen LogP contribution in [-0.2, 0) is 7.05 Å². The van der Waals surface area contributed by atoms with Crippen molar-refractivity contribution in [3.05, 3.63) is 53.6 Å². The van der Waals surface area contributed by atoms with Gasteiger partial charge in [-0.15, -0.1) is 0 Å². The van der Waals surface area contributed by atoms with Crippen LogP contribution in [-0.4, -0.2) is 48.9 Å². The van der Waals surface area contributed by atoms with Crippen molar-refractivity contribution in [3.63, 3.8) is 0 Å². The molecule has 1 amide bonds. The van der Waals surface area contributed by atoms with E-state index in [1.54, 1.807) is 4.68 Å². The molecule has 0 aliphatic carbocycles. The molecule has 1 N–H and O–H groups in total. The number of nitrogens with zero attached hydrogens (tertiary/aromatic N) is 5. The first kappa shape index (κ1) is 16.5. The number of amides is 1. The summed E-state index contributed by atoms with van der Waals surface area (Å²) in [7, 11) is 1.85. The van der Waals surface area contributed by atoms with Crippen molar-refractivity contribution in [1.29, 1.82) is 0 Å². The molecule has 1 aliphatic heterocycles. The topological polar surface area (TPSA) is 79.7 Å². The van der Waals surface area contributed by atoms with E-state index in [1.807, 2.05) is 55.3 Å². The number of hydrogen-bond donors (Lipinski definition) is 1. The molecular weight excluding hydrogens is 328 g/mol. The van der Waals surface area contributed by atoms with Gasteiger partial charge in [0.1, 0.15) is 5.82 Å². The molecule has 0 spiro atoms. The molecule has 1 aromatic carbocycles. The van der Waals surface area contributed by atoms with Crippen LogP contribution < -0.4 is 0 Å². The lowest BCUT2D eigenvalue weighted by Gasteiger charge is -2.30. The molecular formula is C19H22N6O. The number of H-pyrrole nitrogens is 1. The van der Waals surface area contributed by atoms with Crippen LogP contribution in [0.4, 0.5) is 0 Å². The Kier molecular flexibility index (Phi) is 4.28. The van der Waals surface area contributed by atoms with Gasteiger partial charge in [-0.1, -0.05) is 30.3 Å². The number of nitrogens with one attached hydrogen (secondary N) is 1. The summed E-state index contributed by atoms with van der Waals surface area (Å²) in [6.45, 7) is 3.37. The molecule has 134 valence electrons. The first-order chi connectivity index (χ1) is 12.6. The monoisotopic (exact) mass is 350 g/mol. The number of benzene rings is 1. The highest BCUT2D eigenvalue weighted by molar-refractivity contribution is 5.92. The number of aromatic nitrogens is 5. The van der Waals surface area contributed by atoms with Crippen molar-refractivity contribution in [2.24, 2.45) is 7.05 Å². The Morgan fingerprint density at radius 3 is 2.58 bits per heavy atom. The second-order valence-corrected chi connectivity index (χ2v) is 6.77. The van der Waals surface area contributed by atoms with Crippen LogP contribution in [0.25, 0.3) is 11.4 Å². The van der Waals surface area contributed by atoms with Gasteiger partial charge in [0.15, 0.2) is 11.5 Å². The quantitative estimate of drug-likeness (QED) is 0.787. The van der Waals surface area contributed by atoms with E-state index in [2.05, 4.69) is 20.3 Å². The van der Waals surface area contributed by atoms with E-state index < -0.39 is 0 Å². The molecule has 3 aromatic rings. The Labute approximate surface area is 152 Å². The van der Waals surface area contributed by atoms with Crippen LogP contribution in [0.1, 0.15) is 40.8 Å². The fourth-order valence-corrected chi connectivity index (χ4v) is 3.36. The molecule has 4 rings (SSSR count). The molecule has 0 atom stereocenters. The van der Waals surface area contributed by atoms with Gasteiger partial charge in [0, 0.05) is 37.3 Å². The highest BCUT2D eigenvalue weighted by atomic mass is 16.2. The smallest absolute Gasteiger partial charge is 0.274 e. The lowest BCUT2D eigenvalue weighted by Crippen LogP contribution is -2.38. The van der Waals surface area contributed by atoms with Gasteiger partial charge >= 0.3 is 0 Å². The first-order valence-electron chi connectivity index (χ1n) is 8.89. The molecule has 26 heavy (non-hydrogen) atoms. The normalized spacial score (nSPS) is 15.4. The molecule has 1 saturated heterocycles. The maximum atomic E-state index is 12.6. The Balaban J connectivity index is 1.41. The molecule has 1 aliphatic rings. The number of likely N-dealkylation sites (tertiary alicyclic amines) is 1. The Bertz CT molecular complexity index is 886. The predicted molar refractivity (Wildman–Crippen MR) is 97.6 cm³/mol. The largest absolute Gasteiger partial charge is 0.337 e. The lowest BCUT2D eigenvalue weighted by atomic mass is 9.96. The van der Waals surface area contributed by atoms with Gasteiger partial charge in [-0.2, -0.15) is 10.2 Å². The van der Waals surface area contributed by atoms with Gasteiger partial charge in [0.05, 0.1) is 0 Å². The van der Waals surface area contributed by atoms with E-state index >= 15 is 0 Å². The van der Waals surface area contributed by atoms with Gasteiger partial charge in [-0.25, -0.2) is 4.98 Å². The number of aromatic amines is 1. The summed E-state index contributed by atoms with van der Waals surface area (Å²) in [5.74, 6) is 1.94. The van der Waals surface area contributed by atoms with E-state index in [9.17, 15) is 4.79 Å². The van der Waals surface area contributed by atoms with Gasteiger partial charge < -0.3 is 4.90 Å². The van der Waals surface area contributed by atoms with Crippen LogP contribution in [0.15, 0.2) is 36.4 Å². The zero-order valence-electron chi connectivity index (χ0n) is 15.0. The number of piperidine rings is 1. The van der Waals surface area contributed by atoms with Crippen molar-refractivity contribution >= 4 is 5.91 Å². The summed E-state index contributed by atoms with van der Waals surface area (Å²) < 4.78 is 1.74. The highest BCUT2D eigenvalue weighted by Gasteiger charge is 2.27. The summed E-state index contributed by atoms with van der Waals surface area (Å²) in [4.78, 5) is 19.2. The van der Waals surface area contributed by atoms with E-state index in [4.69, 9.17) is 0 Å². The van der Waals surface area contributed by atoms with Crippen molar-refractivity contribution in [3.8, 4) is 11.4 Å². The van der Waals surface area contributed by atoms with E-state index in [1.165, 1.54) is 0 Å². The fraction of sp³-hybridized carbons (Fsp3) is 0.368. The van der Waals surface area contributed by atoms with E-state index in [0.29, 0.717) is 24.7 Å². The summed E-state index contributed by atoms with van der Waals surface area (Å²) in [5, 5.41) is 11.7. The number of hydrogen-bond acceptors (Lipinski definition) is 4. The lowest BCUT2D eigenvalue weighted by molar-refractivity contribution is 0.0704. The third kappa shape index (κ3) is 3.12. The minimum Gasteiger partial charge on any atom is -0.337 e. The number of carbonyl (C=O) groups is 1. The van der Waals surface area contributed by atoms with Crippen molar-refractivity contribution < 1.29 is 4.79 Å². The summed E-state index contributed by atoms with van der Waals surface area (Å²) in [5.41, 5.74) is 2.51. The molecule has 0 saturated carbocycles. The van der Waals surface area contributed by atoms with Crippen molar-refractivity contribution in [1.82, 2.24) is 29.9 Å². The zero-order chi connectivity index (χ0) is 18.1.